The molecule has 1 N–H and O–H groups in total. The number of fused-ring (bicyclic) bond motifs is 3. The molecule has 0 radical (unpaired) electrons. The molecule has 1 aliphatic carbocycles. The lowest BCUT2D eigenvalue weighted by Gasteiger charge is -2.31. The van der Waals surface area contributed by atoms with Gasteiger partial charge < -0.3 is 14.6 Å². The van der Waals surface area contributed by atoms with E-state index in [0.717, 1.165) is 18.5 Å². The highest BCUT2D eigenvalue weighted by Crippen LogP contribution is 2.21. The van der Waals surface area contributed by atoms with Gasteiger partial charge in [0.2, 0.25) is 5.91 Å². The molecule has 7 nitrogen and oxygen atoms in total. The van der Waals surface area contributed by atoms with Crippen molar-refractivity contribution in [3.8, 4) is 0 Å². The van der Waals surface area contributed by atoms with Crippen LogP contribution in [-0.2, 0) is 11.3 Å². The second kappa shape index (κ2) is 10.1. The van der Waals surface area contributed by atoms with Crippen LogP contribution in [-0.4, -0.2) is 50.9 Å². The molecule has 0 unspecified atom stereocenters. The van der Waals surface area contributed by atoms with Crippen LogP contribution in [0.1, 0.15) is 51.4 Å². The minimum Gasteiger partial charge on any atom is -0.356 e. The number of nitrogens with zero attached hydrogens (tertiary/aromatic N) is 4. The Bertz CT molecular complexity index is 1080. The molecule has 4 rings (SSSR count). The molecular formula is C24H33N5O2. The molecule has 3 aromatic rings. The number of aromatic nitrogens is 3. The standard InChI is InChI=1S/C24H33N5O2/c1-27(19-9-3-2-4-10-19)16-8-15-25-22(30)13-7-18-29-23-20(11-5-14-26-23)28-17-6-12-21(28)24(29)31/h5-6,11-12,14,17,19H,2-4,7-10,13,15-16,18H2,1H3,(H,25,30). The van der Waals surface area contributed by atoms with Gasteiger partial charge in [0, 0.05) is 37.9 Å². The maximum Gasteiger partial charge on any atom is 0.276 e. The van der Waals surface area contributed by atoms with Gasteiger partial charge in [-0.3, -0.25) is 14.2 Å². The van der Waals surface area contributed by atoms with Gasteiger partial charge in [0.25, 0.3) is 5.56 Å². The summed E-state index contributed by atoms with van der Waals surface area (Å²) < 4.78 is 3.56. The first kappa shape index (κ1) is 21.6. The monoisotopic (exact) mass is 423 g/mol. The number of carbonyl (C=O) groups is 1. The minimum absolute atomic E-state index is 0.0504. The molecule has 1 fully saturated rings. The second-order valence-corrected chi connectivity index (χ2v) is 8.65. The molecule has 0 bridgehead atoms. The predicted molar refractivity (Wildman–Crippen MR) is 123 cm³/mol. The molecule has 0 aromatic carbocycles. The van der Waals surface area contributed by atoms with E-state index in [-0.39, 0.29) is 11.5 Å². The van der Waals surface area contributed by atoms with Crippen molar-refractivity contribution in [3.05, 3.63) is 47.0 Å². The molecule has 1 aliphatic rings. The third kappa shape index (κ3) is 4.98. The summed E-state index contributed by atoms with van der Waals surface area (Å²) in [5.41, 5.74) is 2.12. The van der Waals surface area contributed by atoms with Crippen LogP contribution in [0.3, 0.4) is 0 Å². The van der Waals surface area contributed by atoms with Crippen molar-refractivity contribution in [1.29, 1.82) is 0 Å². The van der Waals surface area contributed by atoms with Crippen molar-refractivity contribution >= 4 is 22.6 Å². The van der Waals surface area contributed by atoms with Crippen LogP contribution >= 0.6 is 0 Å². The molecule has 31 heavy (non-hydrogen) atoms. The van der Waals surface area contributed by atoms with Gasteiger partial charge in [0.05, 0.1) is 5.52 Å². The van der Waals surface area contributed by atoms with Gasteiger partial charge in [-0.15, -0.1) is 0 Å². The summed E-state index contributed by atoms with van der Waals surface area (Å²) in [6.45, 7) is 2.21. The molecule has 1 amide bonds. The Balaban J connectivity index is 1.25. The third-order valence-electron chi connectivity index (χ3n) is 6.49. The van der Waals surface area contributed by atoms with E-state index < -0.39 is 0 Å². The summed E-state index contributed by atoms with van der Waals surface area (Å²) in [4.78, 5) is 32.0. The number of aryl methyl sites for hydroxylation is 1. The second-order valence-electron chi connectivity index (χ2n) is 8.65. The van der Waals surface area contributed by atoms with Gasteiger partial charge in [-0.05, 0) is 63.5 Å². The smallest absolute Gasteiger partial charge is 0.276 e. The Morgan fingerprint density at radius 3 is 2.81 bits per heavy atom. The fourth-order valence-corrected chi connectivity index (χ4v) is 4.74. The van der Waals surface area contributed by atoms with Crippen molar-refractivity contribution in [2.24, 2.45) is 0 Å². The maximum atomic E-state index is 12.9. The largest absolute Gasteiger partial charge is 0.356 e. The van der Waals surface area contributed by atoms with Gasteiger partial charge in [-0.25, -0.2) is 4.98 Å². The summed E-state index contributed by atoms with van der Waals surface area (Å²) in [5.74, 6) is 0.0504. The molecule has 3 aromatic heterocycles. The normalized spacial score (nSPS) is 15.2. The summed E-state index contributed by atoms with van der Waals surface area (Å²) in [7, 11) is 2.20. The molecular weight excluding hydrogens is 390 g/mol. The van der Waals surface area contributed by atoms with Crippen LogP contribution in [0, 0.1) is 0 Å². The number of pyridine rings is 1. The van der Waals surface area contributed by atoms with E-state index in [1.54, 1.807) is 10.8 Å². The van der Waals surface area contributed by atoms with Gasteiger partial charge in [0.15, 0.2) is 5.65 Å². The van der Waals surface area contributed by atoms with Gasteiger partial charge in [-0.2, -0.15) is 0 Å². The lowest BCUT2D eigenvalue weighted by Crippen LogP contribution is -2.35. The zero-order valence-corrected chi connectivity index (χ0v) is 18.4. The predicted octanol–water partition coefficient (Wildman–Crippen LogP) is 3.20. The van der Waals surface area contributed by atoms with Crippen molar-refractivity contribution in [1.82, 2.24) is 24.2 Å². The van der Waals surface area contributed by atoms with Crippen molar-refractivity contribution in [2.45, 2.75) is 64.0 Å². The van der Waals surface area contributed by atoms with Gasteiger partial charge in [0.1, 0.15) is 5.52 Å². The highest BCUT2D eigenvalue weighted by molar-refractivity contribution is 5.76. The highest BCUT2D eigenvalue weighted by Gasteiger charge is 2.17. The van der Waals surface area contributed by atoms with Crippen LogP contribution < -0.4 is 10.9 Å². The Kier molecular flexibility index (Phi) is 7.02. The molecule has 0 spiro atoms. The van der Waals surface area contributed by atoms with Gasteiger partial charge >= 0.3 is 0 Å². The van der Waals surface area contributed by atoms with E-state index in [9.17, 15) is 9.59 Å². The van der Waals surface area contributed by atoms with E-state index in [2.05, 4.69) is 22.2 Å². The van der Waals surface area contributed by atoms with Crippen LogP contribution in [0.25, 0.3) is 16.7 Å². The molecule has 0 saturated heterocycles. The Hall–Kier alpha value is -2.67. The molecule has 0 aliphatic heterocycles. The third-order valence-corrected chi connectivity index (χ3v) is 6.49. The maximum absolute atomic E-state index is 12.9. The summed E-state index contributed by atoms with van der Waals surface area (Å²) >= 11 is 0. The van der Waals surface area contributed by atoms with E-state index in [0.29, 0.717) is 43.1 Å². The topological polar surface area (TPSA) is 71.6 Å². The van der Waals surface area contributed by atoms with Crippen LogP contribution in [0.5, 0.6) is 0 Å². The molecule has 166 valence electrons. The zero-order chi connectivity index (χ0) is 21.6. The number of carbonyl (C=O) groups excluding carboxylic acids is 1. The van der Waals surface area contributed by atoms with Crippen molar-refractivity contribution in [3.63, 3.8) is 0 Å². The highest BCUT2D eigenvalue weighted by atomic mass is 16.1. The lowest BCUT2D eigenvalue weighted by atomic mass is 9.94. The molecule has 3 heterocycles. The SMILES string of the molecule is CN(CCCNC(=O)CCCn1c(=O)c2cccn2c2cccnc21)C1CCCCC1. The van der Waals surface area contributed by atoms with Crippen molar-refractivity contribution < 1.29 is 4.79 Å². The minimum atomic E-state index is -0.0673. The molecule has 1 saturated carbocycles. The summed E-state index contributed by atoms with van der Waals surface area (Å²) in [6.07, 6.45) is 12.2. The molecule has 7 heteroatoms. The lowest BCUT2D eigenvalue weighted by molar-refractivity contribution is -0.121. The number of amides is 1. The summed E-state index contributed by atoms with van der Waals surface area (Å²) in [5, 5.41) is 3.03. The van der Waals surface area contributed by atoms with E-state index in [1.165, 1.54) is 32.1 Å². The first-order chi connectivity index (χ1) is 15.1. The van der Waals surface area contributed by atoms with Crippen LogP contribution in [0.2, 0.25) is 0 Å². The zero-order valence-electron chi connectivity index (χ0n) is 18.4. The van der Waals surface area contributed by atoms with Crippen LogP contribution in [0.4, 0.5) is 0 Å². The van der Waals surface area contributed by atoms with E-state index in [4.69, 9.17) is 0 Å². The van der Waals surface area contributed by atoms with Gasteiger partial charge in [-0.1, -0.05) is 19.3 Å². The van der Waals surface area contributed by atoms with E-state index >= 15 is 0 Å². The first-order valence-corrected chi connectivity index (χ1v) is 11.6. The Morgan fingerprint density at radius 2 is 1.97 bits per heavy atom. The van der Waals surface area contributed by atoms with Crippen LogP contribution in [0.15, 0.2) is 41.5 Å². The summed E-state index contributed by atoms with van der Waals surface area (Å²) in [6, 6.07) is 8.23. The van der Waals surface area contributed by atoms with Crippen molar-refractivity contribution in [2.75, 3.05) is 20.1 Å². The molecule has 0 atom stereocenters. The number of hydrogen-bond donors (Lipinski definition) is 1. The Labute approximate surface area is 183 Å². The first-order valence-electron chi connectivity index (χ1n) is 11.6. The number of nitrogens with one attached hydrogen (secondary N) is 1. The number of hydrogen-bond acceptors (Lipinski definition) is 4. The average molecular weight is 424 g/mol. The fraction of sp³-hybridized carbons (Fsp3) is 0.542. The number of rotatable bonds is 9. The average Bonchev–Trinajstić information content (AvgIpc) is 3.30. The Morgan fingerprint density at radius 1 is 1.16 bits per heavy atom. The quantitative estimate of drug-likeness (QED) is 0.537. The fourth-order valence-electron chi connectivity index (χ4n) is 4.74. The van der Waals surface area contributed by atoms with E-state index in [1.807, 2.05) is 34.9 Å².